The number of rotatable bonds is 4. The van der Waals surface area contributed by atoms with Crippen molar-refractivity contribution < 1.29 is 0 Å². The molecule has 2 aromatic rings. The van der Waals surface area contributed by atoms with Crippen LogP contribution in [0.25, 0.3) is 0 Å². The van der Waals surface area contributed by atoms with Gasteiger partial charge in [-0.15, -0.1) is 0 Å². The van der Waals surface area contributed by atoms with Crippen LogP contribution in [0, 0.1) is 19.8 Å². The average Bonchev–Trinajstić information content (AvgIpc) is 2.79. The number of anilines is 1. The molecule has 3 aliphatic rings. The number of nitrogens with zero attached hydrogens (tertiary/aromatic N) is 1. The van der Waals surface area contributed by atoms with Crippen molar-refractivity contribution in [3.05, 3.63) is 64.2 Å². The average molecular weight is 419 g/mol. The van der Waals surface area contributed by atoms with Gasteiger partial charge in [0.05, 0.1) is 12.3 Å². The summed E-state index contributed by atoms with van der Waals surface area (Å²) in [6, 6.07) is 14.3. The van der Waals surface area contributed by atoms with Gasteiger partial charge in [0, 0.05) is 24.2 Å². The van der Waals surface area contributed by atoms with Gasteiger partial charge in [-0.1, -0.05) is 30.7 Å². The van der Waals surface area contributed by atoms with Gasteiger partial charge in [-0.25, -0.2) is 0 Å². The van der Waals surface area contributed by atoms with Crippen LogP contribution in [0.3, 0.4) is 0 Å². The molecule has 2 aliphatic heterocycles. The summed E-state index contributed by atoms with van der Waals surface area (Å²) in [4.78, 5) is 2.73. The lowest BCUT2D eigenvalue weighted by molar-refractivity contribution is 0.0204. The lowest BCUT2D eigenvalue weighted by Gasteiger charge is -2.50. The Kier molecular flexibility index (Phi) is 6.05. The molecule has 5 rings (SSSR count). The van der Waals surface area contributed by atoms with Crippen LogP contribution in [0.2, 0.25) is 0 Å². The molecule has 2 saturated heterocycles. The normalized spacial score (nSPS) is 28.6. The van der Waals surface area contributed by atoms with Crippen molar-refractivity contribution in [1.82, 2.24) is 15.5 Å². The largest absolute Gasteiger partial charge is 0.381 e. The van der Waals surface area contributed by atoms with Gasteiger partial charge in [0.2, 0.25) is 0 Å². The number of piperidine rings is 1. The van der Waals surface area contributed by atoms with Crippen molar-refractivity contribution in [1.29, 1.82) is 0 Å². The summed E-state index contributed by atoms with van der Waals surface area (Å²) < 4.78 is 0. The Morgan fingerprint density at radius 1 is 0.968 bits per heavy atom. The number of hydrogen-bond acceptors (Lipinski definition) is 4. The maximum absolute atomic E-state index is 3.88. The molecule has 0 aromatic heterocycles. The zero-order valence-electron chi connectivity index (χ0n) is 19.4. The molecular formula is C27H38N4. The summed E-state index contributed by atoms with van der Waals surface area (Å²) in [7, 11) is 0. The number of benzene rings is 2. The van der Waals surface area contributed by atoms with Crippen LogP contribution < -0.4 is 16.0 Å². The molecule has 2 aromatic carbocycles. The fourth-order valence-corrected chi connectivity index (χ4v) is 5.90. The fraction of sp³-hybridized carbons (Fsp3) is 0.556. The van der Waals surface area contributed by atoms with E-state index in [1.165, 1.54) is 78.7 Å². The van der Waals surface area contributed by atoms with E-state index in [-0.39, 0.29) is 0 Å². The number of nitrogens with one attached hydrogen (secondary N) is 3. The molecule has 4 atom stereocenters. The van der Waals surface area contributed by atoms with Gasteiger partial charge in [-0.3, -0.25) is 15.5 Å². The van der Waals surface area contributed by atoms with E-state index in [4.69, 9.17) is 0 Å². The highest BCUT2D eigenvalue weighted by Crippen LogP contribution is 2.40. The van der Waals surface area contributed by atoms with E-state index in [2.05, 4.69) is 78.0 Å². The number of aryl methyl sites for hydroxylation is 3. The second kappa shape index (κ2) is 8.93. The third-order valence-electron chi connectivity index (χ3n) is 7.76. The lowest BCUT2D eigenvalue weighted by Crippen LogP contribution is -2.65. The van der Waals surface area contributed by atoms with Gasteiger partial charge >= 0.3 is 0 Å². The fourth-order valence-electron chi connectivity index (χ4n) is 5.90. The topological polar surface area (TPSA) is 39.3 Å². The van der Waals surface area contributed by atoms with Gasteiger partial charge < -0.3 is 5.32 Å². The molecule has 0 bridgehead atoms. The standard InChI is InChI=1S/C27H38N4/c1-18-7-8-21(15-19(18)2)17-28-23-10-12-24-22(16-23)9-11-25-26(24)29-20(3)30-27(25)31-13-5-4-6-14-31/h7-8,10,12,15-16,20,25-30H,4-6,9,11,13-14,17H2,1-3H3. The van der Waals surface area contributed by atoms with E-state index in [0.29, 0.717) is 24.3 Å². The Morgan fingerprint density at radius 2 is 1.81 bits per heavy atom. The monoisotopic (exact) mass is 418 g/mol. The zero-order chi connectivity index (χ0) is 21.4. The maximum Gasteiger partial charge on any atom is 0.0656 e. The summed E-state index contributed by atoms with van der Waals surface area (Å²) in [5.41, 5.74) is 8.35. The Labute approximate surface area is 187 Å². The summed E-state index contributed by atoms with van der Waals surface area (Å²) in [5.74, 6) is 0.649. The predicted octanol–water partition coefficient (Wildman–Crippen LogP) is 4.87. The molecule has 4 nitrogen and oxygen atoms in total. The summed E-state index contributed by atoms with van der Waals surface area (Å²) >= 11 is 0. The molecular weight excluding hydrogens is 380 g/mol. The van der Waals surface area contributed by atoms with Crippen LogP contribution in [0.1, 0.15) is 66.5 Å². The predicted molar refractivity (Wildman–Crippen MR) is 129 cm³/mol. The molecule has 4 unspecified atom stereocenters. The van der Waals surface area contributed by atoms with E-state index in [0.717, 1.165) is 6.54 Å². The Morgan fingerprint density at radius 3 is 2.61 bits per heavy atom. The van der Waals surface area contributed by atoms with Crippen LogP contribution in [-0.2, 0) is 13.0 Å². The smallest absolute Gasteiger partial charge is 0.0656 e. The molecule has 2 heterocycles. The summed E-state index contributed by atoms with van der Waals surface area (Å²) in [6.07, 6.45) is 7.39. The zero-order valence-corrected chi connectivity index (χ0v) is 19.4. The third kappa shape index (κ3) is 4.39. The Balaban J connectivity index is 1.31. The number of likely N-dealkylation sites (tertiary alicyclic amines) is 1. The Bertz CT molecular complexity index is 917. The van der Waals surface area contributed by atoms with Crippen molar-refractivity contribution in [2.24, 2.45) is 5.92 Å². The van der Waals surface area contributed by atoms with Crippen LogP contribution in [0.15, 0.2) is 36.4 Å². The van der Waals surface area contributed by atoms with Gasteiger partial charge in [-0.05, 0) is 99.5 Å². The molecule has 0 spiro atoms. The van der Waals surface area contributed by atoms with Crippen molar-refractivity contribution in [2.75, 3.05) is 18.4 Å². The SMILES string of the molecule is Cc1ccc(CNc2ccc3c(c2)CCC2C3NC(C)NC2N2CCCCC2)cc1C. The minimum absolute atomic E-state index is 0.349. The lowest BCUT2D eigenvalue weighted by atomic mass is 9.76. The first kappa shape index (κ1) is 21.0. The van der Waals surface area contributed by atoms with Gasteiger partial charge in [-0.2, -0.15) is 0 Å². The van der Waals surface area contributed by atoms with Crippen molar-refractivity contribution in [3.63, 3.8) is 0 Å². The molecule has 166 valence electrons. The summed E-state index contributed by atoms with van der Waals surface area (Å²) in [5, 5.41) is 11.4. The highest BCUT2D eigenvalue weighted by Gasteiger charge is 2.42. The first-order chi connectivity index (χ1) is 15.1. The van der Waals surface area contributed by atoms with Gasteiger partial charge in [0.1, 0.15) is 0 Å². The highest BCUT2D eigenvalue weighted by molar-refractivity contribution is 5.51. The highest BCUT2D eigenvalue weighted by atomic mass is 15.3. The van der Waals surface area contributed by atoms with Gasteiger partial charge in [0.25, 0.3) is 0 Å². The number of hydrogen-bond donors (Lipinski definition) is 3. The molecule has 0 saturated carbocycles. The van der Waals surface area contributed by atoms with Crippen LogP contribution in [-0.4, -0.2) is 30.3 Å². The van der Waals surface area contributed by atoms with Crippen LogP contribution in [0.5, 0.6) is 0 Å². The van der Waals surface area contributed by atoms with E-state index < -0.39 is 0 Å². The van der Waals surface area contributed by atoms with Crippen molar-refractivity contribution in [3.8, 4) is 0 Å². The molecule has 31 heavy (non-hydrogen) atoms. The second-order valence-corrected chi connectivity index (χ2v) is 9.96. The molecule has 0 radical (unpaired) electrons. The molecule has 4 heteroatoms. The van der Waals surface area contributed by atoms with E-state index >= 15 is 0 Å². The quantitative estimate of drug-likeness (QED) is 0.662. The second-order valence-electron chi connectivity index (χ2n) is 9.96. The van der Waals surface area contributed by atoms with E-state index in [9.17, 15) is 0 Å². The minimum Gasteiger partial charge on any atom is -0.381 e. The first-order valence-electron chi connectivity index (χ1n) is 12.3. The molecule has 0 amide bonds. The third-order valence-corrected chi connectivity index (χ3v) is 7.76. The van der Waals surface area contributed by atoms with E-state index in [1.54, 1.807) is 0 Å². The first-order valence-corrected chi connectivity index (χ1v) is 12.3. The van der Waals surface area contributed by atoms with Gasteiger partial charge in [0.15, 0.2) is 0 Å². The van der Waals surface area contributed by atoms with Crippen molar-refractivity contribution >= 4 is 5.69 Å². The molecule has 2 fully saturated rings. The maximum atomic E-state index is 3.88. The number of fused-ring (bicyclic) bond motifs is 3. The van der Waals surface area contributed by atoms with Crippen LogP contribution >= 0.6 is 0 Å². The van der Waals surface area contributed by atoms with Crippen LogP contribution in [0.4, 0.5) is 5.69 Å². The minimum atomic E-state index is 0.349. The molecule has 3 N–H and O–H groups in total. The van der Waals surface area contributed by atoms with E-state index in [1.807, 2.05) is 0 Å². The Hall–Kier alpha value is -1.88. The van der Waals surface area contributed by atoms with Crippen molar-refractivity contribution in [2.45, 2.75) is 77.8 Å². The summed E-state index contributed by atoms with van der Waals surface area (Å²) in [6.45, 7) is 10.0. The molecule has 1 aliphatic carbocycles.